The minimum atomic E-state index is -0.560. The summed E-state index contributed by atoms with van der Waals surface area (Å²) in [5.74, 6) is 0. The SMILES string of the molecule is CC(O)CO.CCl. The van der Waals surface area contributed by atoms with Gasteiger partial charge < -0.3 is 10.2 Å². The third-order valence-corrected chi connectivity index (χ3v) is 0.264. The summed E-state index contributed by atoms with van der Waals surface area (Å²) >= 11 is 4.64. The topological polar surface area (TPSA) is 40.5 Å². The standard InChI is InChI=1S/C3H8O2.CH3Cl/c1-3(5)2-4;1-2/h3-5H,2H2,1H3;1H3. The van der Waals surface area contributed by atoms with Gasteiger partial charge in [0.25, 0.3) is 0 Å². The van der Waals surface area contributed by atoms with Crippen LogP contribution in [0.4, 0.5) is 0 Å². The van der Waals surface area contributed by atoms with Crippen LogP contribution in [0.2, 0.25) is 0 Å². The van der Waals surface area contributed by atoms with Gasteiger partial charge in [0.05, 0.1) is 12.7 Å². The normalized spacial score (nSPS) is 11.6. The van der Waals surface area contributed by atoms with Crippen molar-refractivity contribution in [3.05, 3.63) is 0 Å². The summed E-state index contributed by atoms with van der Waals surface area (Å²) in [5.41, 5.74) is 0. The van der Waals surface area contributed by atoms with Gasteiger partial charge in [-0.05, 0) is 6.92 Å². The number of alkyl halides is 1. The molecular formula is C4H11ClO2. The lowest BCUT2D eigenvalue weighted by Crippen LogP contribution is -2.03. The monoisotopic (exact) mass is 126 g/mol. The van der Waals surface area contributed by atoms with Crippen molar-refractivity contribution in [3.63, 3.8) is 0 Å². The van der Waals surface area contributed by atoms with Gasteiger partial charge in [-0.2, -0.15) is 0 Å². The first-order chi connectivity index (χ1) is 3.27. The lowest BCUT2D eigenvalue weighted by Gasteiger charge is -1.90. The Bertz CT molecular complexity index is 23.7. The average Bonchev–Trinajstić information content (AvgIpc) is 1.73. The molecular weight excluding hydrogens is 115 g/mol. The number of halogens is 1. The van der Waals surface area contributed by atoms with Crippen LogP contribution in [0, 0.1) is 0 Å². The third kappa shape index (κ3) is 22.5. The fourth-order valence-corrected chi connectivity index (χ4v) is 0. The van der Waals surface area contributed by atoms with E-state index in [-0.39, 0.29) is 6.61 Å². The maximum Gasteiger partial charge on any atom is 0.0742 e. The van der Waals surface area contributed by atoms with Gasteiger partial charge in [0.1, 0.15) is 0 Å². The zero-order valence-corrected chi connectivity index (χ0v) is 5.31. The first-order valence-corrected chi connectivity index (χ1v) is 2.69. The molecule has 7 heavy (non-hydrogen) atoms. The molecule has 0 bridgehead atoms. The van der Waals surface area contributed by atoms with E-state index in [1.807, 2.05) is 0 Å². The molecule has 0 saturated carbocycles. The van der Waals surface area contributed by atoms with E-state index in [1.165, 1.54) is 13.3 Å². The van der Waals surface area contributed by atoms with Gasteiger partial charge in [0, 0.05) is 6.38 Å². The average molecular weight is 127 g/mol. The van der Waals surface area contributed by atoms with Crippen molar-refractivity contribution in [2.24, 2.45) is 0 Å². The minimum Gasteiger partial charge on any atom is -0.394 e. The Morgan fingerprint density at radius 1 is 1.57 bits per heavy atom. The van der Waals surface area contributed by atoms with Crippen molar-refractivity contribution < 1.29 is 10.2 Å². The molecule has 0 aliphatic rings. The Balaban J connectivity index is 0. The van der Waals surface area contributed by atoms with E-state index in [9.17, 15) is 0 Å². The van der Waals surface area contributed by atoms with E-state index in [4.69, 9.17) is 10.2 Å². The van der Waals surface area contributed by atoms with Crippen LogP contribution in [0.15, 0.2) is 0 Å². The largest absolute Gasteiger partial charge is 0.394 e. The summed E-state index contributed by atoms with van der Waals surface area (Å²) in [7, 11) is 0. The first kappa shape index (κ1) is 10.2. The summed E-state index contributed by atoms with van der Waals surface area (Å²) in [5, 5.41) is 16.0. The summed E-state index contributed by atoms with van der Waals surface area (Å²) in [6.45, 7) is 1.39. The van der Waals surface area contributed by atoms with Gasteiger partial charge in [0.15, 0.2) is 0 Å². The lowest BCUT2D eigenvalue weighted by molar-refractivity contribution is 0.110. The Morgan fingerprint density at radius 2 is 1.71 bits per heavy atom. The fourth-order valence-electron chi connectivity index (χ4n) is 0. The van der Waals surface area contributed by atoms with Crippen molar-refractivity contribution in [1.82, 2.24) is 0 Å². The molecule has 2 nitrogen and oxygen atoms in total. The van der Waals surface area contributed by atoms with Crippen molar-refractivity contribution in [3.8, 4) is 0 Å². The predicted molar refractivity (Wildman–Crippen MR) is 30.5 cm³/mol. The first-order valence-electron chi connectivity index (χ1n) is 1.94. The third-order valence-electron chi connectivity index (χ3n) is 0.264. The fraction of sp³-hybridized carbons (Fsp3) is 1.00. The molecule has 2 N–H and O–H groups in total. The van der Waals surface area contributed by atoms with Gasteiger partial charge in [-0.15, -0.1) is 11.6 Å². The minimum absolute atomic E-state index is 0.139. The maximum absolute atomic E-state index is 8.11. The highest BCUT2D eigenvalue weighted by molar-refractivity contribution is 6.15. The number of aliphatic hydroxyl groups excluding tert-OH is 2. The van der Waals surface area contributed by atoms with Gasteiger partial charge in [-0.1, -0.05) is 0 Å². The quantitative estimate of drug-likeness (QED) is 0.494. The van der Waals surface area contributed by atoms with E-state index in [1.54, 1.807) is 0 Å². The number of aliphatic hydroxyl groups is 2. The van der Waals surface area contributed by atoms with Crippen LogP contribution in [0.3, 0.4) is 0 Å². The highest BCUT2D eigenvalue weighted by atomic mass is 35.5. The molecule has 0 aliphatic heterocycles. The molecule has 0 fully saturated rings. The second-order valence-electron chi connectivity index (χ2n) is 1.03. The van der Waals surface area contributed by atoms with Crippen molar-refractivity contribution in [2.75, 3.05) is 13.0 Å². The van der Waals surface area contributed by atoms with Crippen LogP contribution in [0.25, 0.3) is 0 Å². The maximum atomic E-state index is 8.11. The molecule has 3 heteroatoms. The summed E-state index contributed by atoms with van der Waals surface area (Å²) in [6.07, 6.45) is 0.912. The molecule has 1 unspecified atom stereocenters. The second kappa shape index (κ2) is 9.51. The Morgan fingerprint density at radius 3 is 1.71 bits per heavy atom. The molecule has 0 heterocycles. The number of hydrogen-bond donors (Lipinski definition) is 2. The molecule has 0 spiro atoms. The van der Waals surface area contributed by atoms with Crippen molar-refractivity contribution in [2.45, 2.75) is 13.0 Å². The van der Waals surface area contributed by atoms with Gasteiger partial charge >= 0.3 is 0 Å². The highest BCUT2D eigenvalue weighted by Crippen LogP contribution is 1.68. The second-order valence-corrected chi connectivity index (χ2v) is 1.03. The molecule has 46 valence electrons. The van der Waals surface area contributed by atoms with E-state index in [0.29, 0.717) is 0 Å². The van der Waals surface area contributed by atoms with Crippen LogP contribution in [0.1, 0.15) is 6.92 Å². The number of hydrogen-bond acceptors (Lipinski definition) is 2. The van der Waals surface area contributed by atoms with Crippen LogP contribution in [-0.2, 0) is 0 Å². The summed E-state index contributed by atoms with van der Waals surface area (Å²) in [4.78, 5) is 0. The molecule has 0 aromatic rings. The number of rotatable bonds is 1. The van der Waals surface area contributed by atoms with E-state index in [2.05, 4.69) is 11.6 Å². The summed E-state index contributed by atoms with van der Waals surface area (Å²) < 4.78 is 0. The van der Waals surface area contributed by atoms with Crippen LogP contribution < -0.4 is 0 Å². The Hall–Kier alpha value is 0.210. The van der Waals surface area contributed by atoms with Crippen molar-refractivity contribution >= 4 is 11.6 Å². The van der Waals surface area contributed by atoms with Gasteiger partial charge in [-0.25, -0.2) is 0 Å². The molecule has 1 atom stereocenters. The molecule has 0 aromatic carbocycles. The zero-order chi connectivity index (χ0) is 6.28. The van der Waals surface area contributed by atoms with E-state index in [0.717, 1.165) is 0 Å². The molecule has 0 aromatic heterocycles. The van der Waals surface area contributed by atoms with E-state index >= 15 is 0 Å². The van der Waals surface area contributed by atoms with Gasteiger partial charge in [-0.3, -0.25) is 0 Å². The Labute approximate surface area is 48.7 Å². The Kier molecular flexibility index (Phi) is 13.9. The zero-order valence-electron chi connectivity index (χ0n) is 4.56. The molecule has 0 saturated heterocycles. The highest BCUT2D eigenvalue weighted by Gasteiger charge is 1.83. The predicted octanol–water partition coefficient (Wildman–Crippen LogP) is 0.215. The molecule has 0 radical (unpaired) electrons. The van der Waals surface area contributed by atoms with Crippen LogP contribution in [-0.4, -0.2) is 29.3 Å². The van der Waals surface area contributed by atoms with Gasteiger partial charge in [0.2, 0.25) is 0 Å². The lowest BCUT2D eigenvalue weighted by atomic mass is 10.5. The molecule has 0 rings (SSSR count). The smallest absolute Gasteiger partial charge is 0.0742 e. The van der Waals surface area contributed by atoms with Crippen LogP contribution in [0.5, 0.6) is 0 Å². The van der Waals surface area contributed by atoms with Crippen LogP contribution >= 0.6 is 11.6 Å². The van der Waals surface area contributed by atoms with Crippen molar-refractivity contribution in [1.29, 1.82) is 0 Å². The summed E-state index contributed by atoms with van der Waals surface area (Å²) in [6, 6.07) is 0. The molecule has 0 aliphatic carbocycles. The van der Waals surface area contributed by atoms with E-state index < -0.39 is 6.10 Å². The molecule has 0 amide bonds.